The summed E-state index contributed by atoms with van der Waals surface area (Å²) in [5, 5.41) is 2.77. The summed E-state index contributed by atoms with van der Waals surface area (Å²) in [4.78, 5) is 34.7. The average Bonchev–Trinajstić information content (AvgIpc) is 2.81. The Morgan fingerprint density at radius 1 is 1.09 bits per heavy atom. The van der Waals surface area contributed by atoms with Crippen molar-refractivity contribution in [1.82, 2.24) is 14.9 Å². The van der Waals surface area contributed by atoms with Gasteiger partial charge in [0.05, 0.1) is 24.5 Å². The molecule has 2 aromatic carbocycles. The Labute approximate surface area is 184 Å². The number of benzene rings is 2. The van der Waals surface area contributed by atoms with Gasteiger partial charge in [0.15, 0.2) is 0 Å². The molecular formula is C23H22FN5O3. The molecular weight excluding hydrogens is 413 g/mol. The highest BCUT2D eigenvalue weighted by atomic mass is 19.1. The van der Waals surface area contributed by atoms with Crippen LogP contribution in [0.3, 0.4) is 0 Å². The molecule has 1 fully saturated rings. The number of carbonyl (C=O) groups is 2. The van der Waals surface area contributed by atoms with Gasteiger partial charge in [0.1, 0.15) is 11.9 Å². The quantitative estimate of drug-likeness (QED) is 0.615. The number of nitrogens with one attached hydrogen (secondary N) is 1. The van der Waals surface area contributed by atoms with E-state index in [1.165, 1.54) is 24.3 Å². The van der Waals surface area contributed by atoms with E-state index in [4.69, 9.17) is 10.5 Å². The fourth-order valence-corrected chi connectivity index (χ4v) is 3.55. The first-order valence-corrected chi connectivity index (χ1v) is 10.1. The molecule has 2 amide bonds. The standard InChI is InChI=1S/C23H22FN5O3/c24-17-5-7-18(8-6-17)28-20(30)14-29-11-12-32-19(13-29)22-21(26-9-10-27-22)15-1-3-16(4-2-15)23(25)31/h1-10,19H,11-14H2,(H2,25,31)(H,28,30). The van der Waals surface area contributed by atoms with E-state index in [1.54, 1.807) is 36.7 Å². The van der Waals surface area contributed by atoms with E-state index in [2.05, 4.69) is 15.3 Å². The van der Waals surface area contributed by atoms with E-state index in [0.29, 0.717) is 42.3 Å². The summed E-state index contributed by atoms with van der Waals surface area (Å²) in [5.41, 5.74) is 8.35. The van der Waals surface area contributed by atoms with E-state index in [9.17, 15) is 14.0 Å². The molecule has 1 saturated heterocycles. The Bertz CT molecular complexity index is 1110. The van der Waals surface area contributed by atoms with Crippen LogP contribution >= 0.6 is 0 Å². The third-order valence-electron chi connectivity index (χ3n) is 5.12. The highest BCUT2D eigenvalue weighted by Gasteiger charge is 2.27. The summed E-state index contributed by atoms with van der Waals surface area (Å²) in [6, 6.07) is 12.5. The lowest BCUT2D eigenvalue weighted by Gasteiger charge is -2.32. The maximum Gasteiger partial charge on any atom is 0.248 e. The Kier molecular flexibility index (Phi) is 6.48. The summed E-state index contributed by atoms with van der Waals surface area (Å²) >= 11 is 0. The lowest BCUT2D eigenvalue weighted by molar-refractivity contribution is -0.119. The number of hydrogen-bond acceptors (Lipinski definition) is 6. The molecule has 4 rings (SSSR count). The van der Waals surface area contributed by atoms with E-state index >= 15 is 0 Å². The second-order valence-electron chi connectivity index (χ2n) is 7.38. The summed E-state index contributed by atoms with van der Waals surface area (Å²) in [5.74, 6) is -1.05. The molecule has 0 spiro atoms. The van der Waals surface area contributed by atoms with Gasteiger partial charge < -0.3 is 15.8 Å². The molecule has 164 valence electrons. The van der Waals surface area contributed by atoms with Crippen molar-refractivity contribution in [3.05, 3.63) is 78.0 Å². The maximum absolute atomic E-state index is 13.0. The number of morpholine rings is 1. The van der Waals surface area contributed by atoms with Gasteiger partial charge in [-0.3, -0.25) is 24.5 Å². The Hall–Kier alpha value is -3.69. The largest absolute Gasteiger partial charge is 0.369 e. The number of anilines is 1. The van der Waals surface area contributed by atoms with Crippen molar-refractivity contribution in [1.29, 1.82) is 0 Å². The molecule has 9 heteroatoms. The van der Waals surface area contributed by atoms with Crippen molar-refractivity contribution in [3.8, 4) is 11.3 Å². The Morgan fingerprint density at radius 3 is 2.53 bits per heavy atom. The average molecular weight is 435 g/mol. The third kappa shape index (κ3) is 5.13. The van der Waals surface area contributed by atoms with Gasteiger partial charge in [0, 0.05) is 42.3 Å². The number of carbonyl (C=O) groups excluding carboxylic acids is 2. The minimum Gasteiger partial charge on any atom is -0.369 e. The smallest absolute Gasteiger partial charge is 0.248 e. The van der Waals surface area contributed by atoms with Crippen molar-refractivity contribution in [3.63, 3.8) is 0 Å². The van der Waals surface area contributed by atoms with Gasteiger partial charge in [-0.15, -0.1) is 0 Å². The fraction of sp³-hybridized carbons (Fsp3) is 0.217. The van der Waals surface area contributed by atoms with Crippen LogP contribution in [0.1, 0.15) is 22.2 Å². The first kappa shape index (κ1) is 21.5. The van der Waals surface area contributed by atoms with Gasteiger partial charge in [-0.2, -0.15) is 0 Å². The van der Waals surface area contributed by atoms with Crippen LogP contribution < -0.4 is 11.1 Å². The van der Waals surface area contributed by atoms with Crippen LogP contribution in [-0.2, 0) is 9.53 Å². The van der Waals surface area contributed by atoms with E-state index < -0.39 is 5.91 Å². The molecule has 3 aromatic rings. The van der Waals surface area contributed by atoms with Crippen LogP contribution in [0.25, 0.3) is 11.3 Å². The van der Waals surface area contributed by atoms with Gasteiger partial charge in [-0.25, -0.2) is 4.39 Å². The zero-order valence-corrected chi connectivity index (χ0v) is 17.2. The van der Waals surface area contributed by atoms with Crippen molar-refractivity contribution in [2.75, 3.05) is 31.6 Å². The first-order valence-electron chi connectivity index (χ1n) is 10.1. The van der Waals surface area contributed by atoms with Crippen molar-refractivity contribution < 1.29 is 18.7 Å². The zero-order valence-electron chi connectivity index (χ0n) is 17.2. The molecule has 1 aliphatic heterocycles. The molecule has 32 heavy (non-hydrogen) atoms. The second-order valence-corrected chi connectivity index (χ2v) is 7.38. The number of nitrogens with zero attached hydrogens (tertiary/aromatic N) is 3. The zero-order chi connectivity index (χ0) is 22.5. The van der Waals surface area contributed by atoms with E-state index in [0.717, 1.165) is 5.56 Å². The number of halogens is 1. The molecule has 0 aliphatic carbocycles. The molecule has 1 aromatic heterocycles. The van der Waals surface area contributed by atoms with Crippen LogP contribution in [0.15, 0.2) is 60.9 Å². The number of rotatable bonds is 6. The number of primary amides is 1. The van der Waals surface area contributed by atoms with Crippen molar-refractivity contribution >= 4 is 17.5 Å². The van der Waals surface area contributed by atoms with Gasteiger partial charge in [0.25, 0.3) is 0 Å². The van der Waals surface area contributed by atoms with Gasteiger partial charge >= 0.3 is 0 Å². The minimum absolute atomic E-state index is 0.167. The summed E-state index contributed by atoms with van der Waals surface area (Å²) in [6.45, 7) is 1.66. The fourth-order valence-electron chi connectivity index (χ4n) is 3.55. The molecule has 0 radical (unpaired) electrons. The van der Waals surface area contributed by atoms with Crippen LogP contribution in [0, 0.1) is 5.82 Å². The van der Waals surface area contributed by atoms with E-state index in [-0.39, 0.29) is 24.4 Å². The SMILES string of the molecule is NC(=O)c1ccc(-c2nccnc2C2CN(CC(=O)Nc3ccc(F)cc3)CCO2)cc1. The summed E-state index contributed by atoms with van der Waals surface area (Å²) in [6.07, 6.45) is 2.82. The molecule has 2 heterocycles. The second kappa shape index (κ2) is 9.63. The Morgan fingerprint density at radius 2 is 1.81 bits per heavy atom. The predicted molar refractivity (Wildman–Crippen MR) is 116 cm³/mol. The molecule has 0 saturated carbocycles. The number of ether oxygens (including phenoxy) is 1. The molecule has 8 nitrogen and oxygen atoms in total. The van der Waals surface area contributed by atoms with Crippen molar-refractivity contribution in [2.24, 2.45) is 5.73 Å². The van der Waals surface area contributed by atoms with Crippen LogP contribution in [0.2, 0.25) is 0 Å². The van der Waals surface area contributed by atoms with Gasteiger partial charge in [-0.05, 0) is 36.4 Å². The number of aromatic nitrogens is 2. The summed E-state index contributed by atoms with van der Waals surface area (Å²) < 4.78 is 19.0. The molecule has 1 unspecified atom stereocenters. The predicted octanol–water partition coefficient (Wildman–Crippen LogP) is 2.39. The van der Waals surface area contributed by atoms with Crippen LogP contribution in [0.4, 0.5) is 10.1 Å². The number of amides is 2. The normalized spacial score (nSPS) is 16.5. The van der Waals surface area contributed by atoms with Crippen LogP contribution in [0.5, 0.6) is 0 Å². The monoisotopic (exact) mass is 435 g/mol. The van der Waals surface area contributed by atoms with Crippen molar-refractivity contribution in [2.45, 2.75) is 6.10 Å². The molecule has 0 bridgehead atoms. The van der Waals surface area contributed by atoms with E-state index in [1.807, 2.05) is 4.90 Å². The lowest BCUT2D eigenvalue weighted by atomic mass is 10.0. The highest BCUT2D eigenvalue weighted by molar-refractivity contribution is 5.93. The van der Waals surface area contributed by atoms with Gasteiger partial charge in [0.2, 0.25) is 11.8 Å². The summed E-state index contributed by atoms with van der Waals surface area (Å²) in [7, 11) is 0. The lowest BCUT2D eigenvalue weighted by Crippen LogP contribution is -2.42. The first-order chi connectivity index (χ1) is 15.5. The molecule has 3 N–H and O–H groups in total. The number of nitrogens with two attached hydrogens (primary N) is 1. The number of hydrogen-bond donors (Lipinski definition) is 2. The molecule has 1 aliphatic rings. The Balaban J connectivity index is 1.46. The van der Waals surface area contributed by atoms with Crippen LogP contribution in [-0.4, -0.2) is 52.9 Å². The maximum atomic E-state index is 13.0. The molecule has 1 atom stereocenters. The topological polar surface area (TPSA) is 110 Å². The third-order valence-corrected chi connectivity index (χ3v) is 5.12. The van der Waals surface area contributed by atoms with Gasteiger partial charge in [-0.1, -0.05) is 12.1 Å². The minimum atomic E-state index is -0.499. The highest BCUT2D eigenvalue weighted by Crippen LogP contribution is 2.29.